The Morgan fingerprint density at radius 2 is 1.97 bits per heavy atom. The summed E-state index contributed by atoms with van der Waals surface area (Å²) in [4.78, 5) is 24.1. The first-order chi connectivity index (χ1) is 16.6. The van der Waals surface area contributed by atoms with E-state index in [2.05, 4.69) is 25.3 Å². The zero-order chi connectivity index (χ0) is 23.5. The topological polar surface area (TPSA) is 94.4 Å². The van der Waals surface area contributed by atoms with Gasteiger partial charge >= 0.3 is 5.97 Å². The number of esters is 1. The molecule has 3 aromatic rings. The lowest BCUT2D eigenvalue weighted by molar-refractivity contribution is 0.00791. The number of hydrogen-bond donors (Lipinski definition) is 1. The van der Waals surface area contributed by atoms with Gasteiger partial charge < -0.3 is 14.8 Å². The Morgan fingerprint density at radius 1 is 1.18 bits per heavy atom. The molecule has 1 N–H and O–H groups in total. The molecule has 0 bridgehead atoms. The van der Waals surface area contributed by atoms with Crippen LogP contribution in [0.25, 0.3) is 22.2 Å². The maximum absolute atomic E-state index is 12.5. The molecule has 2 fully saturated rings. The van der Waals surface area contributed by atoms with Gasteiger partial charge in [0, 0.05) is 49.4 Å². The number of ether oxygens (including phenoxy) is 2. The SMILES string of the molecule is CCOC(=O)c1cn(C)nc1-c1ccc2ncnc(NC3CCC(N4CCOCC4)CC3)c2c1. The summed E-state index contributed by atoms with van der Waals surface area (Å²) in [6.45, 7) is 5.91. The number of morpholine rings is 1. The van der Waals surface area contributed by atoms with Crippen molar-refractivity contribution in [3.05, 3.63) is 36.3 Å². The highest BCUT2D eigenvalue weighted by atomic mass is 16.5. The number of rotatable bonds is 6. The fourth-order valence-electron chi connectivity index (χ4n) is 5.10. The van der Waals surface area contributed by atoms with Crippen molar-refractivity contribution >= 4 is 22.7 Å². The molecule has 1 aromatic carbocycles. The number of nitrogens with one attached hydrogen (secondary N) is 1. The van der Waals surface area contributed by atoms with E-state index < -0.39 is 0 Å². The Bertz CT molecular complexity index is 1150. The van der Waals surface area contributed by atoms with Gasteiger partial charge in [-0.05, 0) is 44.7 Å². The van der Waals surface area contributed by atoms with Crippen LogP contribution in [0.15, 0.2) is 30.7 Å². The lowest BCUT2D eigenvalue weighted by Crippen LogP contribution is -2.46. The van der Waals surface area contributed by atoms with E-state index in [1.54, 1.807) is 31.2 Å². The van der Waals surface area contributed by atoms with Crippen molar-refractivity contribution in [3.63, 3.8) is 0 Å². The first-order valence-corrected chi connectivity index (χ1v) is 12.2. The number of anilines is 1. The Hall–Kier alpha value is -3.04. The highest BCUT2D eigenvalue weighted by Crippen LogP contribution is 2.31. The van der Waals surface area contributed by atoms with Gasteiger partial charge in [-0.1, -0.05) is 6.07 Å². The first-order valence-electron chi connectivity index (χ1n) is 12.2. The molecule has 180 valence electrons. The fraction of sp³-hybridized carbons (Fsp3) is 0.520. The molecule has 2 aromatic heterocycles. The number of hydrogen-bond acceptors (Lipinski definition) is 8. The molecule has 2 aliphatic rings. The molecule has 3 heterocycles. The van der Waals surface area contributed by atoms with Crippen molar-refractivity contribution < 1.29 is 14.3 Å². The summed E-state index contributed by atoms with van der Waals surface area (Å²) in [5.41, 5.74) is 2.75. The molecule has 0 atom stereocenters. The number of nitrogens with zero attached hydrogens (tertiary/aromatic N) is 5. The van der Waals surface area contributed by atoms with Gasteiger partial charge in [0.15, 0.2) is 0 Å². The second-order valence-corrected chi connectivity index (χ2v) is 9.04. The summed E-state index contributed by atoms with van der Waals surface area (Å²) in [5.74, 6) is 0.459. The number of carbonyl (C=O) groups is 1. The third-order valence-electron chi connectivity index (χ3n) is 6.83. The number of aryl methyl sites for hydroxylation is 1. The molecule has 1 aliphatic heterocycles. The minimum atomic E-state index is -0.370. The normalized spacial score (nSPS) is 21.5. The second-order valence-electron chi connectivity index (χ2n) is 9.04. The highest BCUT2D eigenvalue weighted by Gasteiger charge is 2.27. The van der Waals surface area contributed by atoms with E-state index in [1.165, 1.54) is 12.8 Å². The van der Waals surface area contributed by atoms with Gasteiger partial charge in [-0.15, -0.1) is 0 Å². The third-order valence-corrected chi connectivity index (χ3v) is 6.83. The van der Waals surface area contributed by atoms with Crippen LogP contribution in [0.4, 0.5) is 5.82 Å². The van der Waals surface area contributed by atoms with Gasteiger partial charge in [-0.3, -0.25) is 9.58 Å². The minimum absolute atomic E-state index is 0.320. The van der Waals surface area contributed by atoms with Gasteiger partial charge in [-0.2, -0.15) is 5.10 Å². The third kappa shape index (κ3) is 4.76. The molecular weight excluding hydrogens is 432 g/mol. The van der Waals surface area contributed by atoms with Gasteiger partial charge in [0.1, 0.15) is 23.4 Å². The van der Waals surface area contributed by atoms with Crippen LogP contribution in [0.3, 0.4) is 0 Å². The van der Waals surface area contributed by atoms with E-state index in [4.69, 9.17) is 9.47 Å². The van der Waals surface area contributed by atoms with Gasteiger partial charge in [0.25, 0.3) is 0 Å². The smallest absolute Gasteiger partial charge is 0.341 e. The Morgan fingerprint density at radius 3 is 2.74 bits per heavy atom. The molecule has 0 spiro atoms. The van der Waals surface area contributed by atoms with Crippen molar-refractivity contribution in [1.82, 2.24) is 24.6 Å². The monoisotopic (exact) mass is 464 g/mol. The van der Waals surface area contributed by atoms with Crippen LogP contribution in [0.2, 0.25) is 0 Å². The molecule has 0 unspecified atom stereocenters. The Kier molecular flexibility index (Phi) is 6.73. The van der Waals surface area contributed by atoms with Crippen LogP contribution in [-0.2, 0) is 16.5 Å². The summed E-state index contributed by atoms with van der Waals surface area (Å²) < 4.78 is 12.4. The van der Waals surface area contributed by atoms with E-state index in [1.807, 2.05) is 18.2 Å². The number of carbonyl (C=O) groups excluding carboxylic acids is 1. The summed E-state index contributed by atoms with van der Waals surface area (Å²) in [7, 11) is 1.80. The maximum atomic E-state index is 12.5. The van der Waals surface area contributed by atoms with Gasteiger partial charge in [-0.25, -0.2) is 14.8 Å². The highest BCUT2D eigenvalue weighted by molar-refractivity contribution is 5.98. The molecular formula is C25H32N6O3. The molecule has 1 saturated carbocycles. The zero-order valence-electron chi connectivity index (χ0n) is 19.9. The van der Waals surface area contributed by atoms with Crippen LogP contribution in [0, 0.1) is 0 Å². The van der Waals surface area contributed by atoms with E-state index in [-0.39, 0.29) is 5.97 Å². The lowest BCUT2D eigenvalue weighted by atomic mass is 9.90. The minimum Gasteiger partial charge on any atom is -0.462 e. The van der Waals surface area contributed by atoms with Crippen LogP contribution < -0.4 is 5.32 Å². The van der Waals surface area contributed by atoms with Crippen LogP contribution in [0.5, 0.6) is 0 Å². The largest absolute Gasteiger partial charge is 0.462 e. The Balaban J connectivity index is 1.36. The van der Waals surface area contributed by atoms with E-state index in [9.17, 15) is 4.79 Å². The van der Waals surface area contributed by atoms with Crippen LogP contribution >= 0.6 is 0 Å². The predicted molar refractivity (Wildman–Crippen MR) is 130 cm³/mol. The predicted octanol–water partition coefficient (Wildman–Crippen LogP) is 3.26. The lowest BCUT2D eigenvalue weighted by Gasteiger charge is -2.39. The second kappa shape index (κ2) is 10.1. The van der Waals surface area contributed by atoms with Crippen LogP contribution in [0.1, 0.15) is 43.0 Å². The summed E-state index contributed by atoms with van der Waals surface area (Å²) in [6, 6.07) is 6.95. The average Bonchev–Trinajstić information content (AvgIpc) is 3.27. The van der Waals surface area contributed by atoms with E-state index in [0.29, 0.717) is 29.9 Å². The van der Waals surface area contributed by atoms with E-state index in [0.717, 1.165) is 61.4 Å². The molecule has 9 heteroatoms. The molecule has 9 nitrogen and oxygen atoms in total. The van der Waals surface area contributed by atoms with Crippen molar-refractivity contribution in [2.45, 2.75) is 44.7 Å². The molecule has 1 aliphatic carbocycles. The quantitative estimate of drug-likeness (QED) is 0.556. The standard InChI is InChI=1S/C25H32N6O3/c1-3-34-25(32)21-15-30(2)29-23(21)17-4-9-22-20(14-17)24(27-16-26-22)28-18-5-7-19(8-6-18)31-10-12-33-13-11-31/h4,9,14-16,18-19H,3,5-8,10-13H2,1-2H3,(H,26,27,28). The fourth-order valence-corrected chi connectivity index (χ4v) is 5.10. The summed E-state index contributed by atoms with van der Waals surface area (Å²) in [5, 5.41) is 9.13. The number of fused-ring (bicyclic) bond motifs is 1. The van der Waals surface area contributed by atoms with Gasteiger partial charge in [0.2, 0.25) is 0 Å². The van der Waals surface area contributed by atoms with Crippen molar-refractivity contribution in [2.24, 2.45) is 7.05 Å². The summed E-state index contributed by atoms with van der Waals surface area (Å²) in [6.07, 6.45) is 7.89. The average molecular weight is 465 g/mol. The number of aromatic nitrogens is 4. The number of benzene rings is 1. The molecule has 0 radical (unpaired) electrons. The summed E-state index contributed by atoms with van der Waals surface area (Å²) >= 11 is 0. The Labute approximate surface area is 199 Å². The zero-order valence-corrected chi connectivity index (χ0v) is 19.9. The van der Waals surface area contributed by atoms with E-state index >= 15 is 0 Å². The van der Waals surface area contributed by atoms with Crippen molar-refractivity contribution in [3.8, 4) is 11.3 Å². The van der Waals surface area contributed by atoms with Crippen LogP contribution in [-0.4, -0.2) is 75.6 Å². The molecule has 1 saturated heterocycles. The molecule has 34 heavy (non-hydrogen) atoms. The van der Waals surface area contributed by atoms with Crippen molar-refractivity contribution in [2.75, 3.05) is 38.2 Å². The maximum Gasteiger partial charge on any atom is 0.341 e. The first kappa shape index (κ1) is 22.7. The van der Waals surface area contributed by atoms with Gasteiger partial charge in [0.05, 0.1) is 25.3 Å². The molecule has 5 rings (SSSR count). The van der Waals surface area contributed by atoms with Crippen molar-refractivity contribution in [1.29, 1.82) is 0 Å². The molecule has 0 amide bonds.